The van der Waals surface area contributed by atoms with Crippen LogP contribution in [0.1, 0.15) is 29.8 Å². The van der Waals surface area contributed by atoms with Gasteiger partial charge >= 0.3 is 0 Å². The van der Waals surface area contributed by atoms with Crippen molar-refractivity contribution in [1.82, 2.24) is 16.0 Å². The summed E-state index contributed by atoms with van der Waals surface area (Å²) in [6.45, 7) is 1.98. The summed E-state index contributed by atoms with van der Waals surface area (Å²) >= 11 is 1.47. The predicted molar refractivity (Wildman–Crippen MR) is 102 cm³/mol. The predicted octanol–water partition coefficient (Wildman–Crippen LogP) is 1.93. The summed E-state index contributed by atoms with van der Waals surface area (Å²) in [4.78, 5) is 36.2. The third-order valence-electron chi connectivity index (χ3n) is 3.70. The summed E-state index contributed by atoms with van der Waals surface area (Å²) < 4.78 is 12.8. The lowest BCUT2D eigenvalue weighted by Gasteiger charge is -2.16. The van der Waals surface area contributed by atoms with Gasteiger partial charge < -0.3 is 16.0 Å². The molecule has 0 bridgehead atoms. The van der Waals surface area contributed by atoms with Gasteiger partial charge in [0.1, 0.15) is 5.82 Å². The SMILES string of the molecule is CC(=O)NC(CC(=O)NCCNC(=O)Cc1ccc(F)cc1)c1cccs1. The zero-order valence-corrected chi connectivity index (χ0v) is 15.8. The van der Waals surface area contributed by atoms with Gasteiger partial charge in [0.2, 0.25) is 17.7 Å². The van der Waals surface area contributed by atoms with Gasteiger partial charge in [0, 0.05) is 24.9 Å². The van der Waals surface area contributed by atoms with Crippen LogP contribution in [0.4, 0.5) is 4.39 Å². The summed E-state index contributed by atoms with van der Waals surface area (Å²) in [6.07, 6.45) is 0.279. The molecule has 27 heavy (non-hydrogen) atoms. The van der Waals surface area contributed by atoms with Gasteiger partial charge in [-0.2, -0.15) is 0 Å². The minimum atomic E-state index is -0.365. The summed E-state index contributed by atoms with van der Waals surface area (Å²) in [6, 6.07) is 9.10. The van der Waals surface area contributed by atoms with Gasteiger partial charge in [0.15, 0.2) is 0 Å². The first-order valence-corrected chi connectivity index (χ1v) is 9.40. The number of amides is 3. The fourth-order valence-electron chi connectivity index (χ4n) is 2.47. The van der Waals surface area contributed by atoms with Gasteiger partial charge in [-0.1, -0.05) is 18.2 Å². The van der Waals surface area contributed by atoms with Crippen molar-refractivity contribution in [2.75, 3.05) is 13.1 Å². The summed E-state index contributed by atoms with van der Waals surface area (Å²) in [7, 11) is 0. The Balaban J connectivity index is 1.69. The van der Waals surface area contributed by atoms with Crippen molar-refractivity contribution in [3.05, 3.63) is 58.0 Å². The Bertz CT molecular complexity index is 763. The van der Waals surface area contributed by atoms with Crippen LogP contribution >= 0.6 is 11.3 Å². The molecule has 0 saturated carbocycles. The van der Waals surface area contributed by atoms with Gasteiger partial charge in [0.25, 0.3) is 0 Å². The van der Waals surface area contributed by atoms with Crippen LogP contribution in [0.2, 0.25) is 0 Å². The molecule has 0 spiro atoms. The second-order valence-electron chi connectivity index (χ2n) is 5.98. The lowest BCUT2D eigenvalue weighted by Crippen LogP contribution is -2.37. The highest BCUT2D eigenvalue weighted by Gasteiger charge is 2.17. The maximum atomic E-state index is 12.8. The molecule has 0 aliphatic rings. The molecule has 3 N–H and O–H groups in total. The van der Waals surface area contributed by atoms with E-state index in [1.54, 1.807) is 12.1 Å². The van der Waals surface area contributed by atoms with E-state index in [2.05, 4.69) is 16.0 Å². The molecule has 1 heterocycles. The van der Waals surface area contributed by atoms with E-state index in [-0.39, 0.29) is 55.5 Å². The highest BCUT2D eigenvalue weighted by Crippen LogP contribution is 2.21. The van der Waals surface area contributed by atoms with Crippen molar-refractivity contribution in [1.29, 1.82) is 0 Å². The molecule has 0 saturated heterocycles. The number of nitrogens with one attached hydrogen (secondary N) is 3. The van der Waals surface area contributed by atoms with E-state index in [9.17, 15) is 18.8 Å². The number of hydrogen-bond donors (Lipinski definition) is 3. The van der Waals surface area contributed by atoms with Crippen LogP contribution in [0.5, 0.6) is 0 Å². The number of hydrogen-bond acceptors (Lipinski definition) is 4. The number of carbonyl (C=O) groups excluding carboxylic acids is 3. The second kappa shape index (κ2) is 10.4. The summed E-state index contributed by atoms with van der Waals surface area (Å²) in [5.41, 5.74) is 0.715. The molecule has 1 aromatic carbocycles. The molecule has 8 heteroatoms. The highest BCUT2D eigenvalue weighted by atomic mass is 32.1. The molecule has 1 aromatic heterocycles. The number of halogens is 1. The normalized spacial score (nSPS) is 11.5. The topological polar surface area (TPSA) is 87.3 Å². The van der Waals surface area contributed by atoms with E-state index in [4.69, 9.17) is 0 Å². The Morgan fingerprint density at radius 2 is 1.70 bits per heavy atom. The lowest BCUT2D eigenvalue weighted by atomic mass is 10.1. The first-order chi connectivity index (χ1) is 12.9. The second-order valence-corrected chi connectivity index (χ2v) is 6.96. The van der Waals surface area contributed by atoms with Crippen molar-refractivity contribution >= 4 is 29.1 Å². The smallest absolute Gasteiger partial charge is 0.224 e. The lowest BCUT2D eigenvalue weighted by molar-refractivity contribution is -0.123. The fourth-order valence-corrected chi connectivity index (χ4v) is 3.25. The molecule has 0 aliphatic carbocycles. The van der Waals surface area contributed by atoms with Gasteiger partial charge in [-0.25, -0.2) is 4.39 Å². The van der Waals surface area contributed by atoms with E-state index in [0.29, 0.717) is 5.56 Å². The van der Waals surface area contributed by atoms with Crippen LogP contribution in [0.25, 0.3) is 0 Å². The molecule has 0 aliphatic heterocycles. The third-order valence-corrected chi connectivity index (χ3v) is 4.69. The molecule has 1 unspecified atom stereocenters. The van der Waals surface area contributed by atoms with Crippen LogP contribution in [0.3, 0.4) is 0 Å². The van der Waals surface area contributed by atoms with Crippen molar-refractivity contribution in [3.63, 3.8) is 0 Å². The van der Waals surface area contributed by atoms with E-state index in [0.717, 1.165) is 4.88 Å². The minimum absolute atomic E-state index is 0.129. The summed E-state index contributed by atoms with van der Waals surface area (Å²) in [5.74, 6) is -0.961. The molecule has 1 atom stereocenters. The first kappa shape index (κ1) is 20.6. The Labute approximate surface area is 161 Å². The quantitative estimate of drug-likeness (QED) is 0.571. The average molecular weight is 391 g/mol. The fraction of sp³-hybridized carbons (Fsp3) is 0.316. The van der Waals surface area contributed by atoms with Crippen LogP contribution in [0.15, 0.2) is 41.8 Å². The molecular weight excluding hydrogens is 369 g/mol. The minimum Gasteiger partial charge on any atom is -0.354 e. The molecule has 2 aromatic rings. The maximum Gasteiger partial charge on any atom is 0.224 e. The largest absolute Gasteiger partial charge is 0.354 e. The van der Waals surface area contributed by atoms with E-state index >= 15 is 0 Å². The Kier molecular flexibility index (Phi) is 7.94. The third kappa shape index (κ3) is 7.57. The average Bonchev–Trinajstić information content (AvgIpc) is 3.14. The highest BCUT2D eigenvalue weighted by molar-refractivity contribution is 7.10. The molecule has 3 amide bonds. The molecule has 0 fully saturated rings. The molecule has 6 nitrogen and oxygen atoms in total. The van der Waals surface area contributed by atoms with Crippen LogP contribution in [-0.4, -0.2) is 30.8 Å². The van der Waals surface area contributed by atoms with Crippen LogP contribution in [-0.2, 0) is 20.8 Å². The Morgan fingerprint density at radius 1 is 1.04 bits per heavy atom. The zero-order chi connectivity index (χ0) is 19.6. The molecular formula is C19H22FN3O3S. The van der Waals surface area contributed by atoms with Crippen LogP contribution in [0, 0.1) is 5.82 Å². The van der Waals surface area contributed by atoms with Gasteiger partial charge in [-0.3, -0.25) is 14.4 Å². The van der Waals surface area contributed by atoms with Crippen molar-refractivity contribution < 1.29 is 18.8 Å². The van der Waals surface area contributed by atoms with E-state index < -0.39 is 0 Å². The van der Waals surface area contributed by atoms with Crippen molar-refractivity contribution in [3.8, 4) is 0 Å². The number of benzene rings is 1. The van der Waals surface area contributed by atoms with Crippen molar-refractivity contribution in [2.45, 2.75) is 25.8 Å². The maximum absolute atomic E-state index is 12.8. The standard InChI is InChI=1S/C19H22FN3O3S/c1-13(24)23-16(17-3-2-10-27-17)12-19(26)22-9-8-21-18(25)11-14-4-6-15(20)7-5-14/h2-7,10,16H,8-9,11-12H2,1H3,(H,21,25)(H,22,26)(H,23,24). The van der Waals surface area contributed by atoms with Gasteiger partial charge in [-0.15, -0.1) is 11.3 Å². The monoisotopic (exact) mass is 391 g/mol. The Morgan fingerprint density at radius 3 is 2.30 bits per heavy atom. The molecule has 144 valence electrons. The summed E-state index contributed by atoms with van der Waals surface area (Å²) in [5, 5.41) is 10.1. The van der Waals surface area contributed by atoms with E-state index in [1.807, 2.05) is 17.5 Å². The zero-order valence-electron chi connectivity index (χ0n) is 15.0. The van der Waals surface area contributed by atoms with Gasteiger partial charge in [0.05, 0.1) is 18.9 Å². The molecule has 2 rings (SSSR count). The number of carbonyl (C=O) groups is 3. The number of thiophene rings is 1. The Hall–Kier alpha value is -2.74. The number of rotatable bonds is 9. The molecule has 0 radical (unpaired) electrons. The van der Waals surface area contributed by atoms with Gasteiger partial charge in [-0.05, 0) is 29.1 Å². The van der Waals surface area contributed by atoms with E-state index in [1.165, 1.54) is 30.4 Å². The van der Waals surface area contributed by atoms with Crippen LogP contribution < -0.4 is 16.0 Å². The van der Waals surface area contributed by atoms with Crippen molar-refractivity contribution in [2.24, 2.45) is 0 Å². The first-order valence-electron chi connectivity index (χ1n) is 8.52.